The summed E-state index contributed by atoms with van der Waals surface area (Å²) in [6.45, 7) is 7.42. The van der Waals surface area contributed by atoms with Gasteiger partial charge in [-0.2, -0.15) is 9.97 Å². The van der Waals surface area contributed by atoms with Crippen LogP contribution < -0.4 is 9.64 Å². The van der Waals surface area contributed by atoms with Gasteiger partial charge in [0.1, 0.15) is 24.1 Å². The van der Waals surface area contributed by atoms with Crippen molar-refractivity contribution < 1.29 is 13.5 Å². The van der Waals surface area contributed by atoms with Crippen LogP contribution in [0.3, 0.4) is 0 Å². The van der Waals surface area contributed by atoms with Crippen molar-refractivity contribution >= 4 is 28.3 Å². The summed E-state index contributed by atoms with van der Waals surface area (Å²) >= 11 is 6.06. The second-order valence-corrected chi connectivity index (χ2v) is 12.4. The summed E-state index contributed by atoms with van der Waals surface area (Å²) < 4.78 is 35.7. The molecule has 10 heteroatoms. The quantitative estimate of drug-likeness (QED) is 0.303. The maximum Gasteiger partial charge on any atom is 0.319 e. The van der Waals surface area contributed by atoms with Gasteiger partial charge in [0.25, 0.3) is 0 Å². The van der Waals surface area contributed by atoms with Crippen LogP contribution >= 0.6 is 11.6 Å². The Hall–Kier alpha value is -2.88. The molecule has 7 nitrogen and oxygen atoms in total. The van der Waals surface area contributed by atoms with Crippen molar-refractivity contribution in [1.82, 2.24) is 24.8 Å². The van der Waals surface area contributed by atoms with Crippen LogP contribution in [0.15, 0.2) is 48.7 Å². The summed E-state index contributed by atoms with van der Waals surface area (Å²) in [6.07, 6.45) is 7.50. The molecule has 2 aromatic heterocycles. The van der Waals surface area contributed by atoms with E-state index < -0.39 is 12.0 Å². The van der Waals surface area contributed by atoms with E-state index in [0.717, 1.165) is 19.4 Å². The second kappa shape index (κ2) is 9.60. The number of alkyl halides is 1. The number of piperazine rings is 1. The lowest BCUT2D eigenvalue weighted by atomic mass is 9.89. The molecule has 0 N–H and O–H groups in total. The Labute approximate surface area is 237 Å². The van der Waals surface area contributed by atoms with E-state index in [1.165, 1.54) is 11.8 Å². The molecule has 0 radical (unpaired) electrons. The Bertz CT molecular complexity index is 1460. The van der Waals surface area contributed by atoms with Crippen molar-refractivity contribution in [2.75, 3.05) is 37.7 Å². The van der Waals surface area contributed by atoms with Crippen LogP contribution in [-0.4, -0.2) is 81.3 Å². The number of ether oxygens (including phenoxy) is 1. The van der Waals surface area contributed by atoms with Gasteiger partial charge >= 0.3 is 6.01 Å². The van der Waals surface area contributed by atoms with E-state index in [9.17, 15) is 4.39 Å². The van der Waals surface area contributed by atoms with E-state index in [1.807, 2.05) is 6.07 Å². The molecule has 3 saturated heterocycles. The fourth-order valence-corrected chi connectivity index (χ4v) is 7.60. The standard InChI is InChI=1S/C30H33ClF2N6O/c1-29(2,19-7-4-3-5-8-19)39-21-9-10-22(39)17-37(16-21)27-23-14-34-26(31)24(33)25(23)35-28(36-27)40-18-30-11-6-12-38(30)15-20(32)13-30/h3-5,7-10,14,20-22H,6,11-13,15-18H2,1-2H3/t20-,21?,22?,30+/m1/s1. The Morgan fingerprint density at radius 2 is 1.85 bits per heavy atom. The van der Waals surface area contributed by atoms with E-state index >= 15 is 4.39 Å². The van der Waals surface area contributed by atoms with Crippen LogP contribution in [0.25, 0.3) is 10.9 Å². The zero-order valence-electron chi connectivity index (χ0n) is 22.7. The second-order valence-electron chi connectivity index (χ2n) is 12.1. The van der Waals surface area contributed by atoms with Gasteiger partial charge in [0.05, 0.1) is 10.9 Å². The molecule has 6 heterocycles. The van der Waals surface area contributed by atoms with E-state index in [4.69, 9.17) is 21.3 Å². The molecular formula is C30H33ClF2N6O. The van der Waals surface area contributed by atoms with Crippen LogP contribution in [0.4, 0.5) is 14.6 Å². The number of hydrogen-bond acceptors (Lipinski definition) is 7. The van der Waals surface area contributed by atoms with Crippen LogP contribution in [0, 0.1) is 5.82 Å². The fraction of sp³-hybridized carbons (Fsp3) is 0.500. The molecule has 3 fully saturated rings. The molecule has 0 aliphatic carbocycles. The van der Waals surface area contributed by atoms with Gasteiger partial charge in [0, 0.05) is 49.9 Å². The minimum Gasteiger partial charge on any atom is -0.461 e. The molecule has 2 unspecified atom stereocenters. The molecule has 4 atom stereocenters. The Morgan fingerprint density at radius 3 is 2.60 bits per heavy atom. The van der Waals surface area contributed by atoms with Gasteiger partial charge in [0.2, 0.25) is 0 Å². The number of benzene rings is 1. The van der Waals surface area contributed by atoms with E-state index in [1.54, 1.807) is 0 Å². The van der Waals surface area contributed by atoms with Gasteiger partial charge in [-0.05, 0) is 38.8 Å². The Morgan fingerprint density at radius 1 is 1.10 bits per heavy atom. The number of pyridine rings is 1. The lowest BCUT2D eigenvalue weighted by Gasteiger charge is -2.50. The van der Waals surface area contributed by atoms with E-state index in [2.05, 4.69) is 74.9 Å². The summed E-state index contributed by atoms with van der Waals surface area (Å²) in [5.41, 5.74) is 0.804. The highest BCUT2D eigenvalue weighted by Crippen LogP contribution is 2.42. The number of anilines is 1. The Kier molecular flexibility index (Phi) is 6.25. The van der Waals surface area contributed by atoms with Crippen molar-refractivity contribution in [3.05, 3.63) is 65.2 Å². The molecule has 40 heavy (non-hydrogen) atoms. The van der Waals surface area contributed by atoms with Gasteiger partial charge in [0.15, 0.2) is 11.0 Å². The largest absolute Gasteiger partial charge is 0.461 e. The SMILES string of the molecule is CC(C)(c1ccccc1)N1C2C=CC1CN(c1nc(OC[C@@]34CCCN3C[C@H](F)C4)nc3c(F)c(Cl)ncc13)C2. The maximum atomic E-state index is 15.3. The zero-order valence-corrected chi connectivity index (χ0v) is 23.5. The average Bonchev–Trinajstić information content (AvgIpc) is 3.57. The fourth-order valence-electron chi connectivity index (χ4n) is 7.46. The number of rotatable bonds is 6. The molecular weight excluding hydrogens is 534 g/mol. The molecule has 0 spiro atoms. The van der Waals surface area contributed by atoms with E-state index in [0.29, 0.717) is 37.3 Å². The van der Waals surface area contributed by atoms with Crippen molar-refractivity contribution in [2.45, 2.75) is 62.4 Å². The van der Waals surface area contributed by atoms with Crippen LogP contribution in [0.2, 0.25) is 5.15 Å². The van der Waals surface area contributed by atoms with Crippen molar-refractivity contribution in [3.8, 4) is 6.01 Å². The number of fused-ring (bicyclic) bond motifs is 4. The predicted molar refractivity (Wildman–Crippen MR) is 151 cm³/mol. The molecule has 0 amide bonds. The monoisotopic (exact) mass is 566 g/mol. The smallest absolute Gasteiger partial charge is 0.319 e. The first-order valence-corrected chi connectivity index (χ1v) is 14.4. The number of aromatic nitrogens is 3. The Balaban J connectivity index is 1.20. The normalized spacial score (nSPS) is 28.5. The summed E-state index contributed by atoms with van der Waals surface area (Å²) in [5.74, 6) is -0.113. The third kappa shape index (κ3) is 4.16. The molecule has 210 valence electrons. The summed E-state index contributed by atoms with van der Waals surface area (Å²) in [5, 5.41) is 0.255. The molecule has 0 saturated carbocycles. The summed E-state index contributed by atoms with van der Waals surface area (Å²) in [4.78, 5) is 20.2. The third-order valence-corrected chi connectivity index (χ3v) is 9.61. The van der Waals surface area contributed by atoms with Crippen LogP contribution in [0.1, 0.15) is 38.7 Å². The topological polar surface area (TPSA) is 57.6 Å². The van der Waals surface area contributed by atoms with E-state index in [-0.39, 0.29) is 46.4 Å². The highest BCUT2D eigenvalue weighted by Gasteiger charge is 2.50. The number of halogens is 3. The first-order chi connectivity index (χ1) is 19.2. The highest BCUT2D eigenvalue weighted by molar-refractivity contribution is 6.30. The summed E-state index contributed by atoms with van der Waals surface area (Å²) in [6, 6.07) is 10.9. The van der Waals surface area contributed by atoms with Crippen molar-refractivity contribution in [2.24, 2.45) is 0 Å². The van der Waals surface area contributed by atoms with Gasteiger partial charge in [-0.1, -0.05) is 54.1 Å². The minimum atomic E-state index is -0.862. The average molecular weight is 567 g/mol. The van der Waals surface area contributed by atoms with Gasteiger partial charge < -0.3 is 9.64 Å². The molecule has 3 aromatic rings. The highest BCUT2D eigenvalue weighted by atomic mass is 35.5. The minimum absolute atomic E-state index is 0.0829. The number of hydrogen-bond donors (Lipinski definition) is 0. The maximum absolute atomic E-state index is 15.3. The lowest BCUT2D eigenvalue weighted by molar-refractivity contribution is 0.0590. The zero-order chi connectivity index (χ0) is 27.6. The van der Waals surface area contributed by atoms with Gasteiger partial charge in [-0.25, -0.2) is 13.8 Å². The van der Waals surface area contributed by atoms with Crippen molar-refractivity contribution in [1.29, 1.82) is 0 Å². The molecule has 2 bridgehead atoms. The molecule has 1 aromatic carbocycles. The van der Waals surface area contributed by atoms with Gasteiger partial charge in [-0.15, -0.1) is 0 Å². The predicted octanol–water partition coefficient (Wildman–Crippen LogP) is 5.14. The van der Waals surface area contributed by atoms with Crippen molar-refractivity contribution in [3.63, 3.8) is 0 Å². The first-order valence-electron chi connectivity index (χ1n) is 14.1. The lowest BCUT2D eigenvalue weighted by Crippen LogP contribution is -2.60. The van der Waals surface area contributed by atoms with Crippen LogP contribution in [-0.2, 0) is 5.54 Å². The molecule has 4 aliphatic heterocycles. The first kappa shape index (κ1) is 26.0. The molecule has 7 rings (SSSR count). The summed E-state index contributed by atoms with van der Waals surface area (Å²) in [7, 11) is 0. The van der Waals surface area contributed by atoms with Crippen LogP contribution in [0.5, 0.6) is 6.01 Å². The third-order valence-electron chi connectivity index (χ3n) is 9.34. The van der Waals surface area contributed by atoms with Gasteiger partial charge in [-0.3, -0.25) is 9.80 Å². The molecule has 4 aliphatic rings. The number of nitrogens with zero attached hydrogens (tertiary/aromatic N) is 6.